The van der Waals surface area contributed by atoms with Gasteiger partial charge in [-0.25, -0.2) is 0 Å². The summed E-state index contributed by atoms with van der Waals surface area (Å²) in [5.41, 5.74) is 0.891. The summed E-state index contributed by atoms with van der Waals surface area (Å²) < 4.78 is 5.51. The van der Waals surface area contributed by atoms with Crippen LogP contribution in [0.3, 0.4) is 0 Å². The van der Waals surface area contributed by atoms with E-state index < -0.39 is 5.24 Å². The van der Waals surface area contributed by atoms with E-state index >= 15 is 0 Å². The maximum atomic E-state index is 10.5. The van der Waals surface area contributed by atoms with Crippen molar-refractivity contribution in [3.8, 4) is 5.75 Å². The molecule has 1 aromatic rings. The van der Waals surface area contributed by atoms with Gasteiger partial charge in [-0.3, -0.25) is 4.79 Å². The second kappa shape index (κ2) is 5.56. The van der Waals surface area contributed by atoms with E-state index in [1.807, 2.05) is 38.1 Å². The minimum Gasteiger partial charge on any atom is -0.491 e. The molecule has 0 spiro atoms. The van der Waals surface area contributed by atoms with Gasteiger partial charge in [-0.1, -0.05) is 18.2 Å². The first-order valence-corrected chi connectivity index (χ1v) is 5.10. The lowest BCUT2D eigenvalue weighted by Crippen LogP contribution is -2.05. The van der Waals surface area contributed by atoms with Gasteiger partial charge < -0.3 is 4.74 Å². The van der Waals surface area contributed by atoms with E-state index in [2.05, 4.69) is 0 Å². The normalized spacial score (nSPS) is 10.9. The van der Waals surface area contributed by atoms with Crippen molar-refractivity contribution >= 4 is 22.9 Å². The first kappa shape index (κ1) is 11.8. The first-order valence-electron chi connectivity index (χ1n) is 4.72. The van der Waals surface area contributed by atoms with Crippen molar-refractivity contribution in [2.45, 2.75) is 20.0 Å². The number of allylic oxidation sites excluding steroid dienone is 1. The first-order chi connectivity index (χ1) is 7.08. The van der Waals surface area contributed by atoms with E-state index in [-0.39, 0.29) is 6.10 Å². The van der Waals surface area contributed by atoms with Gasteiger partial charge in [0.05, 0.1) is 6.10 Å². The molecule has 0 saturated heterocycles. The number of carbonyl (C=O) groups excluding carboxylic acids is 1. The van der Waals surface area contributed by atoms with Gasteiger partial charge in [-0.15, -0.1) is 0 Å². The van der Waals surface area contributed by atoms with Gasteiger partial charge in [0.2, 0.25) is 5.24 Å². The second-order valence-electron chi connectivity index (χ2n) is 3.38. The predicted octanol–water partition coefficient (Wildman–Crippen LogP) is 3.25. The molecule has 0 aromatic heterocycles. The predicted molar refractivity (Wildman–Crippen MR) is 62.1 cm³/mol. The summed E-state index contributed by atoms with van der Waals surface area (Å²) in [6, 6.07) is 7.48. The molecule has 2 nitrogen and oxygen atoms in total. The van der Waals surface area contributed by atoms with Crippen molar-refractivity contribution in [1.82, 2.24) is 0 Å². The quantitative estimate of drug-likeness (QED) is 0.580. The van der Waals surface area contributed by atoms with E-state index in [1.165, 1.54) is 6.08 Å². The molecule has 0 saturated carbocycles. The highest BCUT2D eigenvalue weighted by Crippen LogP contribution is 2.15. The molecular weight excluding hydrogens is 212 g/mol. The third kappa shape index (κ3) is 4.66. The Bertz CT molecular complexity index is 370. The largest absolute Gasteiger partial charge is 0.491 e. The standard InChI is InChI=1S/C12H13ClO2/c1-9(2)15-11-5-3-4-10(8-11)6-7-12(13)14/h3-9H,1-2H3/b7-6+. The Morgan fingerprint density at radius 1 is 1.47 bits per heavy atom. The van der Waals surface area contributed by atoms with Crippen molar-refractivity contribution in [2.75, 3.05) is 0 Å². The molecular formula is C12H13ClO2. The Kier molecular flexibility index (Phi) is 4.37. The van der Waals surface area contributed by atoms with Crippen molar-refractivity contribution in [3.63, 3.8) is 0 Å². The highest BCUT2D eigenvalue weighted by molar-refractivity contribution is 6.66. The summed E-state index contributed by atoms with van der Waals surface area (Å²) >= 11 is 5.19. The molecule has 0 fully saturated rings. The van der Waals surface area contributed by atoms with Gasteiger partial charge >= 0.3 is 0 Å². The summed E-state index contributed by atoms with van der Waals surface area (Å²) in [6.45, 7) is 3.93. The van der Waals surface area contributed by atoms with Gasteiger partial charge in [0.15, 0.2) is 0 Å². The molecule has 0 aliphatic rings. The third-order valence-electron chi connectivity index (χ3n) is 1.64. The topological polar surface area (TPSA) is 26.3 Å². The van der Waals surface area contributed by atoms with Crippen LogP contribution in [0.25, 0.3) is 6.08 Å². The fraction of sp³-hybridized carbons (Fsp3) is 0.250. The van der Waals surface area contributed by atoms with Crippen LogP contribution < -0.4 is 4.74 Å². The summed E-state index contributed by atoms with van der Waals surface area (Å²) in [4.78, 5) is 10.5. The summed E-state index contributed by atoms with van der Waals surface area (Å²) in [5, 5.41) is -0.481. The smallest absolute Gasteiger partial charge is 0.245 e. The zero-order valence-corrected chi connectivity index (χ0v) is 9.49. The van der Waals surface area contributed by atoms with Crippen LogP contribution in [0.15, 0.2) is 30.3 Å². The fourth-order valence-corrected chi connectivity index (χ4v) is 1.19. The van der Waals surface area contributed by atoms with Crippen molar-refractivity contribution in [2.24, 2.45) is 0 Å². The minimum absolute atomic E-state index is 0.138. The van der Waals surface area contributed by atoms with Crippen LogP contribution >= 0.6 is 11.6 Å². The van der Waals surface area contributed by atoms with Gasteiger partial charge in [0, 0.05) is 0 Å². The summed E-state index contributed by atoms with van der Waals surface area (Å²) in [5.74, 6) is 0.786. The van der Waals surface area contributed by atoms with Crippen LogP contribution in [-0.2, 0) is 4.79 Å². The zero-order chi connectivity index (χ0) is 11.3. The maximum Gasteiger partial charge on any atom is 0.245 e. The number of hydrogen-bond donors (Lipinski definition) is 0. The van der Waals surface area contributed by atoms with Crippen molar-refractivity contribution in [1.29, 1.82) is 0 Å². The number of carbonyl (C=O) groups is 1. The van der Waals surface area contributed by atoms with E-state index in [9.17, 15) is 4.79 Å². The Morgan fingerprint density at radius 3 is 2.80 bits per heavy atom. The van der Waals surface area contributed by atoms with E-state index in [4.69, 9.17) is 16.3 Å². The van der Waals surface area contributed by atoms with Crippen LogP contribution in [0.4, 0.5) is 0 Å². The Balaban J connectivity index is 2.78. The summed E-state index contributed by atoms with van der Waals surface area (Å²) in [7, 11) is 0. The van der Waals surface area contributed by atoms with Crippen LogP contribution in [0.5, 0.6) is 5.75 Å². The molecule has 15 heavy (non-hydrogen) atoms. The van der Waals surface area contributed by atoms with E-state index in [0.717, 1.165) is 11.3 Å². The lowest BCUT2D eigenvalue weighted by atomic mass is 10.2. The maximum absolute atomic E-state index is 10.5. The molecule has 0 bridgehead atoms. The Hall–Kier alpha value is -1.28. The highest BCUT2D eigenvalue weighted by atomic mass is 35.5. The number of ether oxygens (including phenoxy) is 1. The molecule has 0 aliphatic heterocycles. The van der Waals surface area contributed by atoms with Crippen LogP contribution in [0.2, 0.25) is 0 Å². The number of halogens is 1. The summed E-state index contributed by atoms with van der Waals surface area (Å²) in [6.07, 6.45) is 3.11. The van der Waals surface area contributed by atoms with Crippen LogP contribution in [0, 0.1) is 0 Å². The molecule has 80 valence electrons. The number of benzene rings is 1. The highest BCUT2D eigenvalue weighted by Gasteiger charge is 1.97. The van der Waals surface area contributed by atoms with Crippen LogP contribution in [-0.4, -0.2) is 11.3 Å². The minimum atomic E-state index is -0.481. The van der Waals surface area contributed by atoms with Gasteiger partial charge in [-0.05, 0) is 49.2 Å². The average molecular weight is 225 g/mol. The van der Waals surface area contributed by atoms with Crippen LogP contribution in [0.1, 0.15) is 19.4 Å². The van der Waals surface area contributed by atoms with Gasteiger partial charge in [0.1, 0.15) is 5.75 Å². The number of hydrogen-bond acceptors (Lipinski definition) is 2. The second-order valence-corrected chi connectivity index (χ2v) is 3.75. The Morgan fingerprint density at radius 2 is 2.20 bits per heavy atom. The molecule has 0 unspecified atom stereocenters. The molecule has 1 aromatic carbocycles. The van der Waals surface area contributed by atoms with Crippen molar-refractivity contribution < 1.29 is 9.53 Å². The average Bonchev–Trinajstić information content (AvgIpc) is 2.14. The lowest BCUT2D eigenvalue weighted by Gasteiger charge is -2.09. The SMILES string of the molecule is CC(C)Oc1cccc(/C=C/C(=O)Cl)c1. The lowest BCUT2D eigenvalue weighted by molar-refractivity contribution is -0.107. The fourth-order valence-electron chi connectivity index (χ4n) is 1.13. The van der Waals surface area contributed by atoms with Gasteiger partial charge in [0.25, 0.3) is 0 Å². The molecule has 0 radical (unpaired) electrons. The molecule has 0 amide bonds. The molecule has 0 aliphatic carbocycles. The molecule has 1 rings (SSSR count). The van der Waals surface area contributed by atoms with Crippen molar-refractivity contribution in [3.05, 3.63) is 35.9 Å². The zero-order valence-electron chi connectivity index (χ0n) is 8.74. The molecule has 0 N–H and O–H groups in total. The number of rotatable bonds is 4. The Labute approximate surface area is 94.5 Å². The molecule has 0 atom stereocenters. The van der Waals surface area contributed by atoms with E-state index in [0.29, 0.717) is 0 Å². The van der Waals surface area contributed by atoms with Gasteiger partial charge in [-0.2, -0.15) is 0 Å². The van der Waals surface area contributed by atoms with E-state index in [1.54, 1.807) is 6.08 Å². The monoisotopic (exact) mass is 224 g/mol. The third-order valence-corrected chi connectivity index (χ3v) is 1.76. The molecule has 0 heterocycles. The molecule has 3 heteroatoms.